The van der Waals surface area contributed by atoms with Gasteiger partial charge in [0.25, 0.3) is 5.69 Å². The van der Waals surface area contributed by atoms with Gasteiger partial charge in [-0.25, -0.2) is 4.98 Å². The molecule has 1 aliphatic rings. The van der Waals surface area contributed by atoms with Crippen molar-refractivity contribution in [2.75, 3.05) is 0 Å². The molecule has 1 aliphatic heterocycles. The molecular weight excluding hydrogens is 889 g/mol. The lowest BCUT2D eigenvalue weighted by Crippen LogP contribution is -2.16. The maximum atomic E-state index is 6.92. The van der Waals surface area contributed by atoms with E-state index in [1.165, 1.54) is 49.9 Å². The molecule has 0 fully saturated rings. The smallest absolute Gasteiger partial charge is 0.457 e. The molecule has 0 N–H and O–H groups in total. The van der Waals surface area contributed by atoms with E-state index in [0.29, 0.717) is 0 Å². The van der Waals surface area contributed by atoms with Crippen molar-refractivity contribution in [2.45, 2.75) is 131 Å². The SMILES string of the molecule is CC(C)(C)c1cc(-c2ccc3c(c2)c2ccc(Oc4cccc([N+]5=C=[N+](c6ccccc6)c6c(-c7cc(C(C)(C)C)cc(C(C)(C)C)c7)cccc65)c4)cc2n3-c2cc(C(C)(C)C)ccn2)cc(C(C)(C)C)c1. The summed E-state index contributed by atoms with van der Waals surface area (Å²) in [5.74, 6) is 2.35. The van der Waals surface area contributed by atoms with Crippen molar-refractivity contribution in [3.63, 3.8) is 0 Å². The summed E-state index contributed by atoms with van der Waals surface area (Å²) in [4.78, 5) is 5.03. The van der Waals surface area contributed by atoms with Gasteiger partial charge >= 0.3 is 11.7 Å². The third-order valence-electron chi connectivity index (χ3n) is 14.6. The van der Waals surface area contributed by atoms with Gasteiger partial charge in [0.15, 0.2) is 0 Å². The maximum Gasteiger partial charge on any atom is 0.503 e. The molecule has 0 saturated heterocycles. The van der Waals surface area contributed by atoms with E-state index in [-0.39, 0.29) is 27.1 Å². The van der Waals surface area contributed by atoms with Crippen LogP contribution in [0.4, 0.5) is 22.7 Å². The first-order valence-electron chi connectivity index (χ1n) is 26.0. The second kappa shape index (κ2) is 17.7. The van der Waals surface area contributed by atoms with Gasteiger partial charge in [-0.05, 0) is 129 Å². The number of fused-ring (bicyclic) bond motifs is 4. The van der Waals surface area contributed by atoms with E-state index in [4.69, 9.17) is 9.72 Å². The summed E-state index contributed by atoms with van der Waals surface area (Å²) in [6.45, 7) is 34.4. The molecule has 5 heteroatoms. The molecule has 73 heavy (non-hydrogen) atoms. The summed E-state index contributed by atoms with van der Waals surface area (Å²) < 4.78 is 13.6. The van der Waals surface area contributed by atoms with Crippen molar-refractivity contribution in [1.29, 1.82) is 0 Å². The van der Waals surface area contributed by atoms with Crippen molar-refractivity contribution < 1.29 is 4.74 Å². The van der Waals surface area contributed by atoms with Gasteiger partial charge in [-0.15, -0.1) is 0 Å². The van der Waals surface area contributed by atoms with Crippen LogP contribution in [0.3, 0.4) is 0 Å². The molecule has 0 spiro atoms. The third-order valence-corrected chi connectivity index (χ3v) is 14.6. The highest BCUT2D eigenvalue weighted by Gasteiger charge is 2.40. The lowest BCUT2D eigenvalue weighted by Gasteiger charge is -2.26. The average molecular weight is 961 g/mol. The molecule has 0 atom stereocenters. The predicted octanol–water partition coefficient (Wildman–Crippen LogP) is 18.6. The first kappa shape index (κ1) is 49.3. The van der Waals surface area contributed by atoms with Crippen LogP contribution in [0.5, 0.6) is 11.5 Å². The van der Waals surface area contributed by atoms with Crippen LogP contribution in [-0.4, -0.2) is 15.6 Å². The van der Waals surface area contributed by atoms with Crippen LogP contribution in [0.15, 0.2) is 164 Å². The Morgan fingerprint density at radius 2 is 0.986 bits per heavy atom. The monoisotopic (exact) mass is 961 g/mol. The Labute approximate surface area is 434 Å². The Kier molecular flexibility index (Phi) is 11.9. The molecule has 10 rings (SSSR count). The van der Waals surface area contributed by atoms with Crippen LogP contribution in [0.1, 0.15) is 132 Å². The van der Waals surface area contributed by atoms with Crippen LogP contribution in [-0.2, 0) is 27.1 Å². The number of ether oxygens (including phenoxy) is 1. The van der Waals surface area contributed by atoms with E-state index in [9.17, 15) is 0 Å². The van der Waals surface area contributed by atoms with Gasteiger partial charge in [0.05, 0.1) is 22.7 Å². The van der Waals surface area contributed by atoms with Gasteiger partial charge in [-0.2, -0.15) is 0 Å². The standard InChI is InChI=1S/C68H72N4O/c1-64(2,3)47-31-32-69-62(40-47)72-59-30-27-44(45-33-48(65(4,5)6)38-49(34-45)66(7,8)9)37-58(59)57-29-28-55(42-61(57)72)73-54-24-19-23-53(41-54)70-43-71(52-21-17-16-18-22-52)63-56(25-20-26-60(63)70)46-35-50(67(10,11)12)39-51(36-46)68(13,14)15/h16-42H,1-15H3/q+2. The summed E-state index contributed by atoms with van der Waals surface area (Å²) >= 11 is 0. The first-order valence-corrected chi connectivity index (χ1v) is 26.0. The lowest BCUT2D eigenvalue weighted by molar-refractivity contribution is 0.483. The summed E-state index contributed by atoms with van der Waals surface area (Å²) in [5.41, 5.74) is 17.5. The van der Waals surface area contributed by atoms with Crippen molar-refractivity contribution >= 4 is 50.6 Å². The molecule has 0 unspecified atom stereocenters. The zero-order valence-electron chi connectivity index (χ0n) is 45.8. The van der Waals surface area contributed by atoms with Crippen LogP contribution >= 0.6 is 0 Å². The Morgan fingerprint density at radius 3 is 1.60 bits per heavy atom. The summed E-state index contributed by atoms with van der Waals surface area (Å²) in [5, 5.41) is 2.31. The van der Waals surface area contributed by atoms with Crippen LogP contribution < -0.4 is 13.9 Å². The van der Waals surface area contributed by atoms with Gasteiger partial charge in [0, 0.05) is 47.3 Å². The fraction of sp³-hybridized carbons (Fsp3) is 0.294. The molecule has 0 aliphatic carbocycles. The topological polar surface area (TPSA) is 33.1 Å². The largest absolute Gasteiger partial charge is 0.503 e. The lowest BCUT2D eigenvalue weighted by atomic mass is 9.78. The molecule has 5 nitrogen and oxygen atoms in total. The first-order chi connectivity index (χ1) is 34.3. The van der Waals surface area contributed by atoms with Gasteiger partial charge in [0.2, 0.25) is 11.4 Å². The van der Waals surface area contributed by atoms with Gasteiger partial charge in [-0.3, -0.25) is 4.57 Å². The molecular formula is C68H72N4O+2. The molecule has 0 radical (unpaired) electrons. The molecule has 0 amide bonds. The Morgan fingerprint density at radius 1 is 0.411 bits per heavy atom. The minimum absolute atomic E-state index is 0.00714. The average Bonchev–Trinajstić information content (AvgIpc) is 3.89. The normalized spacial score (nSPS) is 13.4. The Hall–Kier alpha value is -7.33. The zero-order chi connectivity index (χ0) is 52.0. The van der Waals surface area contributed by atoms with Crippen LogP contribution in [0, 0.1) is 0 Å². The molecule has 2 aromatic heterocycles. The summed E-state index contributed by atoms with van der Waals surface area (Å²) in [6.07, 6.45) is 1.94. The fourth-order valence-corrected chi connectivity index (χ4v) is 9.97. The van der Waals surface area contributed by atoms with E-state index in [1.807, 2.05) is 12.3 Å². The third kappa shape index (κ3) is 9.60. The highest BCUT2D eigenvalue weighted by Crippen LogP contribution is 2.46. The van der Waals surface area contributed by atoms with E-state index in [2.05, 4.69) is 275 Å². The number of hydrogen-bond acceptors (Lipinski definition) is 2. The van der Waals surface area contributed by atoms with Crippen molar-refractivity contribution in [3.05, 3.63) is 192 Å². The second-order valence-electron chi connectivity index (χ2n) is 25.4. The van der Waals surface area contributed by atoms with Gasteiger partial charge in [0.1, 0.15) is 17.3 Å². The molecule has 368 valence electrons. The van der Waals surface area contributed by atoms with E-state index >= 15 is 0 Å². The number of benzene rings is 7. The van der Waals surface area contributed by atoms with Crippen molar-refractivity contribution in [1.82, 2.24) is 18.7 Å². The molecule has 0 saturated carbocycles. The second-order valence-corrected chi connectivity index (χ2v) is 25.4. The van der Waals surface area contributed by atoms with Crippen molar-refractivity contribution in [3.8, 4) is 39.6 Å². The molecule has 9 aromatic rings. The zero-order valence-corrected chi connectivity index (χ0v) is 45.8. The predicted molar refractivity (Wildman–Crippen MR) is 310 cm³/mol. The fourth-order valence-electron chi connectivity index (χ4n) is 9.97. The van der Waals surface area contributed by atoms with Crippen LogP contribution in [0.2, 0.25) is 0 Å². The minimum Gasteiger partial charge on any atom is -0.457 e. The Balaban J connectivity index is 1.09. The summed E-state index contributed by atoms with van der Waals surface area (Å²) in [7, 11) is 0. The number of hydrogen-bond donors (Lipinski definition) is 0. The van der Waals surface area contributed by atoms with Crippen molar-refractivity contribution in [2.24, 2.45) is 0 Å². The summed E-state index contributed by atoms with van der Waals surface area (Å²) in [6, 6.07) is 61.5. The van der Waals surface area contributed by atoms with E-state index in [1.54, 1.807) is 0 Å². The molecule has 3 heterocycles. The highest BCUT2D eigenvalue weighted by atomic mass is 16.5. The number of nitrogens with zero attached hydrogens (tertiary/aromatic N) is 4. The Bertz CT molecular complexity index is 3630. The van der Waals surface area contributed by atoms with Gasteiger partial charge < -0.3 is 4.74 Å². The quantitative estimate of drug-likeness (QED) is 0.149. The van der Waals surface area contributed by atoms with Crippen LogP contribution in [0.25, 0.3) is 49.9 Å². The van der Waals surface area contributed by atoms with E-state index in [0.717, 1.165) is 62.0 Å². The maximum absolute atomic E-state index is 6.92. The number of rotatable bonds is 7. The number of aromatic nitrogens is 2. The number of pyridine rings is 1. The molecule has 0 bridgehead atoms. The minimum atomic E-state index is -0.0523. The number of para-hydroxylation sites is 2. The van der Waals surface area contributed by atoms with Gasteiger partial charge in [-0.1, -0.05) is 177 Å². The van der Waals surface area contributed by atoms with E-state index < -0.39 is 0 Å². The highest BCUT2D eigenvalue weighted by molar-refractivity contribution is 6.11. The molecule has 7 aromatic carbocycles.